The fourth-order valence-corrected chi connectivity index (χ4v) is 3.78. The second-order valence-corrected chi connectivity index (χ2v) is 7.12. The lowest BCUT2D eigenvalue weighted by atomic mass is 10.0. The molecule has 25 heavy (non-hydrogen) atoms. The Bertz CT molecular complexity index is 521. The minimum atomic E-state index is 0.0650. The number of urea groups is 1. The molecule has 2 aliphatic heterocycles. The second-order valence-electron chi connectivity index (χ2n) is 7.12. The van der Waals surface area contributed by atoms with Crippen LogP contribution >= 0.6 is 0 Å². The van der Waals surface area contributed by atoms with Crippen LogP contribution in [0.4, 0.5) is 4.79 Å². The zero-order valence-corrected chi connectivity index (χ0v) is 15.3. The van der Waals surface area contributed by atoms with E-state index in [1.807, 2.05) is 11.8 Å². The molecule has 1 N–H and O–H groups in total. The summed E-state index contributed by atoms with van der Waals surface area (Å²) in [4.78, 5) is 16.3. The summed E-state index contributed by atoms with van der Waals surface area (Å²) in [6, 6.07) is 10.8. The van der Waals surface area contributed by atoms with Crippen molar-refractivity contribution in [3.8, 4) is 0 Å². The van der Waals surface area contributed by atoms with E-state index in [2.05, 4.69) is 40.5 Å². The number of benzene rings is 1. The van der Waals surface area contributed by atoms with E-state index in [4.69, 9.17) is 4.74 Å². The summed E-state index contributed by atoms with van der Waals surface area (Å²) in [7, 11) is 0. The number of likely N-dealkylation sites (tertiary alicyclic amines) is 2. The highest BCUT2D eigenvalue weighted by Gasteiger charge is 2.27. The number of nitrogens with zero attached hydrogens (tertiary/aromatic N) is 2. The molecule has 2 aliphatic rings. The van der Waals surface area contributed by atoms with Gasteiger partial charge in [0.1, 0.15) is 0 Å². The number of carbonyl (C=O) groups is 1. The van der Waals surface area contributed by atoms with Gasteiger partial charge in [-0.1, -0.05) is 30.3 Å². The highest BCUT2D eigenvalue weighted by atomic mass is 16.5. The first-order valence-electron chi connectivity index (χ1n) is 9.69. The summed E-state index contributed by atoms with van der Waals surface area (Å²) in [5, 5.41) is 2.88. The molecule has 1 aromatic carbocycles. The van der Waals surface area contributed by atoms with Gasteiger partial charge in [-0.2, -0.15) is 0 Å². The average molecular weight is 345 g/mol. The van der Waals surface area contributed by atoms with Crippen LogP contribution in [0, 0.1) is 0 Å². The second kappa shape index (κ2) is 9.20. The van der Waals surface area contributed by atoms with Crippen LogP contribution in [-0.4, -0.2) is 60.8 Å². The fraction of sp³-hybridized carbons (Fsp3) is 0.650. The zero-order chi connectivity index (χ0) is 17.5. The molecule has 5 heteroatoms. The Morgan fingerprint density at radius 2 is 1.64 bits per heavy atom. The summed E-state index contributed by atoms with van der Waals surface area (Å²) in [5.74, 6) is 0. The average Bonchev–Trinajstić information content (AvgIpc) is 2.65. The van der Waals surface area contributed by atoms with E-state index >= 15 is 0 Å². The van der Waals surface area contributed by atoms with E-state index in [0.717, 1.165) is 58.4 Å². The maximum Gasteiger partial charge on any atom is 0.317 e. The van der Waals surface area contributed by atoms with Gasteiger partial charge in [-0.25, -0.2) is 4.79 Å². The molecule has 0 atom stereocenters. The third kappa shape index (κ3) is 5.44. The van der Waals surface area contributed by atoms with Gasteiger partial charge >= 0.3 is 6.03 Å². The van der Waals surface area contributed by atoms with E-state index < -0.39 is 0 Å². The summed E-state index contributed by atoms with van der Waals surface area (Å²) in [6.07, 6.45) is 4.85. The third-order valence-corrected chi connectivity index (χ3v) is 5.23. The normalized spacial score (nSPS) is 20.6. The van der Waals surface area contributed by atoms with Crippen LogP contribution in [0.25, 0.3) is 0 Å². The van der Waals surface area contributed by atoms with Crippen molar-refractivity contribution in [3.05, 3.63) is 35.9 Å². The number of amides is 2. The maximum atomic E-state index is 11.8. The molecule has 5 nitrogen and oxygen atoms in total. The smallest absolute Gasteiger partial charge is 0.317 e. The molecule has 3 rings (SSSR count). The topological polar surface area (TPSA) is 44.8 Å². The molecule has 2 saturated heterocycles. The lowest BCUT2D eigenvalue weighted by Gasteiger charge is -2.37. The minimum absolute atomic E-state index is 0.0650. The van der Waals surface area contributed by atoms with Gasteiger partial charge in [-0.3, -0.25) is 4.90 Å². The van der Waals surface area contributed by atoms with Crippen molar-refractivity contribution >= 4 is 6.03 Å². The molecule has 138 valence electrons. The zero-order valence-electron chi connectivity index (χ0n) is 15.3. The van der Waals surface area contributed by atoms with Crippen molar-refractivity contribution < 1.29 is 9.53 Å². The van der Waals surface area contributed by atoms with Crippen molar-refractivity contribution in [2.24, 2.45) is 0 Å². The molecule has 0 saturated carbocycles. The van der Waals surface area contributed by atoms with Gasteiger partial charge in [0.15, 0.2) is 0 Å². The summed E-state index contributed by atoms with van der Waals surface area (Å²) in [6.45, 7) is 7.52. The number of rotatable bonds is 5. The number of piperidine rings is 2. The molecule has 0 spiro atoms. The van der Waals surface area contributed by atoms with Gasteiger partial charge in [0, 0.05) is 39.3 Å². The number of hydrogen-bond acceptors (Lipinski definition) is 3. The molecule has 0 radical (unpaired) electrons. The molecule has 2 amide bonds. The van der Waals surface area contributed by atoms with Crippen molar-refractivity contribution in [2.45, 2.75) is 51.4 Å². The lowest BCUT2D eigenvalue weighted by molar-refractivity contribution is -0.0619. The van der Waals surface area contributed by atoms with Gasteiger partial charge in [0.2, 0.25) is 0 Å². The van der Waals surface area contributed by atoms with Crippen molar-refractivity contribution in [1.29, 1.82) is 0 Å². The SMILES string of the molecule is CCNC(=O)N1CCC(OC2CCN(Cc3ccccc3)CC2)CC1. The summed E-state index contributed by atoms with van der Waals surface area (Å²) >= 11 is 0. The number of carbonyl (C=O) groups excluding carboxylic acids is 1. The molecular formula is C20H31N3O2. The van der Waals surface area contributed by atoms with E-state index in [0.29, 0.717) is 18.8 Å². The first kappa shape index (κ1) is 18.2. The minimum Gasteiger partial charge on any atom is -0.375 e. The Hall–Kier alpha value is -1.59. The standard InChI is InChI=1S/C20H31N3O2/c1-2-21-20(24)23-14-10-19(11-15-23)25-18-8-12-22(13-9-18)16-17-6-4-3-5-7-17/h3-7,18-19H,2,8-16H2,1H3,(H,21,24). The van der Waals surface area contributed by atoms with E-state index in [9.17, 15) is 4.79 Å². The lowest BCUT2D eigenvalue weighted by Crippen LogP contribution is -2.47. The molecule has 2 fully saturated rings. The van der Waals surface area contributed by atoms with Crippen LogP contribution in [-0.2, 0) is 11.3 Å². The monoisotopic (exact) mass is 345 g/mol. The van der Waals surface area contributed by atoms with Crippen LogP contribution in [0.3, 0.4) is 0 Å². The van der Waals surface area contributed by atoms with Crippen LogP contribution in [0.1, 0.15) is 38.2 Å². The van der Waals surface area contributed by atoms with Gasteiger partial charge < -0.3 is 15.0 Å². The number of ether oxygens (including phenoxy) is 1. The van der Waals surface area contributed by atoms with E-state index in [-0.39, 0.29) is 6.03 Å². The van der Waals surface area contributed by atoms with Crippen molar-refractivity contribution in [3.63, 3.8) is 0 Å². The Balaban J connectivity index is 1.35. The Kier molecular flexibility index (Phi) is 6.70. The van der Waals surface area contributed by atoms with Crippen molar-refractivity contribution in [2.75, 3.05) is 32.7 Å². The third-order valence-electron chi connectivity index (χ3n) is 5.23. The van der Waals surface area contributed by atoms with Crippen molar-refractivity contribution in [1.82, 2.24) is 15.1 Å². The molecule has 2 heterocycles. The molecule has 0 unspecified atom stereocenters. The maximum absolute atomic E-state index is 11.8. The predicted molar refractivity (Wildman–Crippen MR) is 99.5 cm³/mol. The van der Waals surface area contributed by atoms with E-state index in [1.54, 1.807) is 0 Å². The van der Waals surface area contributed by atoms with Crippen LogP contribution in [0.2, 0.25) is 0 Å². The fourth-order valence-electron chi connectivity index (χ4n) is 3.78. The van der Waals surface area contributed by atoms with Gasteiger partial charge in [-0.15, -0.1) is 0 Å². The molecule has 0 aromatic heterocycles. The first-order valence-corrected chi connectivity index (χ1v) is 9.69. The molecule has 0 bridgehead atoms. The van der Waals surface area contributed by atoms with Crippen LogP contribution in [0.15, 0.2) is 30.3 Å². The van der Waals surface area contributed by atoms with Crippen LogP contribution < -0.4 is 5.32 Å². The van der Waals surface area contributed by atoms with Gasteiger partial charge in [0.25, 0.3) is 0 Å². The largest absolute Gasteiger partial charge is 0.375 e. The summed E-state index contributed by atoms with van der Waals surface area (Å²) < 4.78 is 6.33. The van der Waals surface area contributed by atoms with Gasteiger partial charge in [0.05, 0.1) is 12.2 Å². The first-order chi connectivity index (χ1) is 12.2. The quantitative estimate of drug-likeness (QED) is 0.892. The molecule has 0 aliphatic carbocycles. The number of nitrogens with one attached hydrogen (secondary N) is 1. The molecule has 1 aromatic rings. The van der Waals surface area contributed by atoms with E-state index in [1.165, 1.54) is 5.56 Å². The Morgan fingerprint density at radius 3 is 2.24 bits per heavy atom. The van der Waals surface area contributed by atoms with Gasteiger partial charge in [-0.05, 0) is 38.2 Å². The Morgan fingerprint density at radius 1 is 1.04 bits per heavy atom. The highest BCUT2D eigenvalue weighted by molar-refractivity contribution is 5.74. The number of hydrogen-bond donors (Lipinski definition) is 1. The highest BCUT2D eigenvalue weighted by Crippen LogP contribution is 2.22. The molecular weight excluding hydrogens is 314 g/mol. The summed E-state index contributed by atoms with van der Waals surface area (Å²) in [5.41, 5.74) is 1.39. The Labute approximate surface area is 151 Å². The predicted octanol–water partition coefficient (Wildman–Crippen LogP) is 2.86. The van der Waals surface area contributed by atoms with Crippen LogP contribution in [0.5, 0.6) is 0 Å².